The van der Waals surface area contributed by atoms with E-state index in [4.69, 9.17) is 17.7 Å². The van der Waals surface area contributed by atoms with Gasteiger partial charge in [0.25, 0.3) is 0 Å². The second-order valence-corrected chi connectivity index (χ2v) is 26.3. The quantitative estimate of drug-likeness (QED) is 0.158. The molecule has 16 aromatic rings. The first-order valence-electron chi connectivity index (χ1n) is 30.6. The maximum Gasteiger partial charge on any atom is 0.137 e. The first-order valence-corrected chi connectivity index (χ1v) is 30.6. The van der Waals surface area contributed by atoms with Crippen molar-refractivity contribution < 1.29 is 17.7 Å². The second-order valence-electron chi connectivity index (χ2n) is 26.3. The van der Waals surface area contributed by atoms with Gasteiger partial charge in [-0.2, -0.15) is 0 Å². The Hall–Kier alpha value is -10.6. The maximum absolute atomic E-state index is 6.69. The zero-order valence-corrected chi connectivity index (χ0v) is 49.8. The summed E-state index contributed by atoms with van der Waals surface area (Å²) in [5.74, 6) is 0. The van der Waals surface area contributed by atoms with E-state index in [1.54, 1.807) is 0 Å². The van der Waals surface area contributed by atoms with Gasteiger partial charge in [-0.05, 0) is 152 Å². The minimum absolute atomic E-state index is 0.436. The zero-order valence-electron chi connectivity index (χ0n) is 49.8. The fraction of sp³-hybridized carbons (Fsp3) is 0.122. The number of benzene rings is 12. The average molecular weight is 1140 g/mol. The van der Waals surface area contributed by atoms with Gasteiger partial charge in [0.15, 0.2) is 0 Å². The van der Waals surface area contributed by atoms with Crippen molar-refractivity contribution in [3.8, 4) is 22.3 Å². The standard InChI is InChI=1S/C82H60N2O4/c1-79(2,3)81(67-25-13-7-19-55(67)57-37-31-49(43-69(57)81)83(51-33-39-63-59-21-9-15-27-71(59)85-75(63)45-51)52-34-40-64-60-22-10-16-28-72(60)86-76(64)46-52)82(80(4,5)6)68-26-14-8-20-56(68)58-38-32-50(44-70(58)82)84(53-35-41-65-61-23-11-17-29-73(61)87-77(65)47-53)54-36-42-66-62-24-12-18-30-74(62)88-78(66)48-54/h7-48H,1-6H3. The molecule has 4 heterocycles. The van der Waals surface area contributed by atoms with E-state index in [0.29, 0.717) is 0 Å². The molecule has 6 heteroatoms. The SMILES string of the molecule is CC(C)(C)C1(C2(C(C)(C)C)c3ccccc3-c3ccc(N(c4ccc5c(c4)oc4ccccc45)c4ccc5c(c4)oc4ccccc45)cc32)c2ccccc2-c2ccc(N(c3ccc4c(c3)oc3ccccc34)c3ccc4c(c3)oc3ccccc34)cc21. The van der Waals surface area contributed by atoms with Gasteiger partial charge in [0.05, 0.1) is 0 Å². The number of anilines is 6. The molecule has 88 heavy (non-hydrogen) atoms. The molecule has 2 unspecified atom stereocenters. The lowest BCUT2D eigenvalue weighted by Gasteiger charge is -2.62. The van der Waals surface area contributed by atoms with E-state index < -0.39 is 21.7 Å². The highest BCUT2D eigenvalue weighted by Crippen LogP contribution is 2.75. The van der Waals surface area contributed by atoms with Crippen molar-refractivity contribution in [3.63, 3.8) is 0 Å². The van der Waals surface area contributed by atoms with Gasteiger partial charge < -0.3 is 27.5 Å². The minimum Gasteiger partial charge on any atom is -0.456 e. The van der Waals surface area contributed by atoms with Crippen LogP contribution in [0.4, 0.5) is 34.1 Å². The molecule has 4 aromatic heterocycles. The molecular weight excluding hydrogens is 1080 g/mol. The Kier molecular flexibility index (Phi) is 10.4. The molecule has 0 radical (unpaired) electrons. The minimum atomic E-state index is -0.720. The van der Waals surface area contributed by atoms with Crippen molar-refractivity contribution >= 4 is 122 Å². The Bertz CT molecular complexity index is 5030. The van der Waals surface area contributed by atoms with Crippen LogP contribution in [-0.4, -0.2) is 0 Å². The lowest BCUT2D eigenvalue weighted by atomic mass is 9.39. The fourth-order valence-electron chi connectivity index (χ4n) is 16.7. The molecule has 12 aromatic carbocycles. The van der Waals surface area contributed by atoms with Gasteiger partial charge in [0, 0.05) is 112 Å². The Morgan fingerprint density at radius 1 is 0.227 bits per heavy atom. The third kappa shape index (κ3) is 6.77. The van der Waals surface area contributed by atoms with Crippen molar-refractivity contribution in [1.29, 1.82) is 0 Å². The average Bonchev–Trinajstić information content (AvgIpc) is 1.48. The van der Waals surface area contributed by atoms with Crippen LogP contribution in [0.25, 0.3) is 110 Å². The van der Waals surface area contributed by atoms with Gasteiger partial charge in [0.1, 0.15) is 44.7 Å². The van der Waals surface area contributed by atoms with Crippen LogP contribution in [0.1, 0.15) is 63.8 Å². The number of fused-ring (bicyclic) bond motifs is 18. The number of hydrogen-bond acceptors (Lipinski definition) is 6. The fourth-order valence-corrected chi connectivity index (χ4v) is 16.7. The Labute approximate surface area is 509 Å². The molecule has 0 fully saturated rings. The van der Waals surface area contributed by atoms with Crippen molar-refractivity contribution in [1.82, 2.24) is 0 Å². The third-order valence-corrected chi connectivity index (χ3v) is 19.9. The van der Waals surface area contributed by atoms with Crippen LogP contribution < -0.4 is 9.80 Å². The summed E-state index contributed by atoms with van der Waals surface area (Å²) in [5.41, 5.74) is 20.6. The van der Waals surface area contributed by atoms with Gasteiger partial charge in [-0.25, -0.2) is 0 Å². The molecule has 0 spiro atoms. The van der Waals surface area contributed by atoms with Crippen molar-refractivity contribution in [2.75, 3.05) is 9.80 Å². The number of rotatable bonds is 7. The number of para-hydroxylation sites is 4. The molecule has 2 aliphatic rings. The Balaban J connectivity index is 0.907. The van der Waals surface area contributed by atoms with Crippen molar-refractivity contribution in [2.45, 2.75) is 52.4 Å². The van der Waals surface area contributed by atoms with E-state index in [-0.39, 0.29) is 0 Å². The molecule has 0 saturated heterocycles. The number of nitrogens with zero attached hydrogens (tertiary/aromatic N) is 2. The van der Waals surface area contributed by atoms with Crippen LogP contribution in [0.5, 0.6) is 0 Å². The van der Waals surface area contributed by atoms with Gasteiger partial charge in [-0.1, -0.05) is 175 Å². The van der Waals surface area contributed by atoms with Crippen LogP contribution in [0.2, 0.25) is 0 Å². The van der Waals surface area contributed by atoms with Crippen LogP contribution >= 0.6 is 0 Å². The summed E-state index contributed by atoms with van der Waals surface area (Å²) in [6.45, 7) is 14.9. The van der Waals surface area contributed by atoms with Gasteiger partial charge in [-0.15, -0.1) is 0 Å². The summed E-state index contributed by atoms with van der Waals surface area (Å²) in [7, 11) is 0. The maximum atomic E-state index is 6.69. The monoisotopic (exact) mass is 1140 g/mol. The zero-order chi connectivity index (χ0) is 59.0. The number of hydrogen-bond donors (Lipinski definition) is 0. The molecular formula is C82H60N2O4. The summed E-state index contributed by atoms with van der Waals surface area (Å²) >= 11 is 0. The summed E-state index contributed by atoms with van der Waals surface area (Å²) in [6, 6.07) is 93.1. The summed E-state index contributed by atoms with van der Waals surface area (Å²) in [5, 5.41) is 8.71. The smallest absolute Gasteiger partial charge is 0.137 e. The summed E-state index contributed by atoms with van der Waals surface area (Å²) < 4.78 is 26.8. The van der Waals surface area contributed by atoms with Crippen LogP contribution in [0.3, 0.4) is 0 Å². The van der Waals surface area contributed by atoms with Crippen molar-refractivity contribution in [2.24, 2.45) is 10.8 Å². The summed E-state index contributed by atoms with van der Waals surface area (Å²) in [6.07, 6.45) is 0. The second kappa shape index (κ2) is 18.0. The lowest BCUT2D eigenvalue weighted by molar-refractivity contribution is 0.0594. The predicted molar refractivity (Wildman–Crippen MR) is 363 cm³/mol. The van der Waals surface area contributed by atoms with E-state index in [1.165, 1.54) is 44.5 Å². The largest absolute Gasteiger partial charge is 0.456 e. The lowest BCUT2D eigenvalue weighted by Crippen LogP contribution is -2.62. The summed E-state index contributed by atoms with van der Waals surface area (Å²) in [4.78, 5) is 4.81. The van der Waals surface area contributed by atoms with E-state index in [9.17, 15) is 0 Å². The Morgan fingerprint density at radius 3 is 0.773 bits per heavy atom. The molecule has 6 nitrogen and oxygen atoms in total. The number of furan rings is 4. The highest BCUT2D eigenvalue weighted by molar-refractivity contribution is 6.10. The highest BCUT2D eigenvalue weighted by atomic mass is 16.3. The van der Waals surface area contributed by atoms with Crippen LogP contribution in [0, 0.1) is 10.8 Å². The molecule has 0 N–H and O–H groups in total. The molecule has 2 aliphatic carbocycles. The normalized spacial score (nSPS) is 16.4. The molecule has 422 valence electrons. The molecule has 0 bridgehead atoms. The van der Waals surface area contributed by atoms with Crippen molar-refractivity contribution in [3.05, 3.63) is 277 Å². The van der Waals surface area contributed by atoms with Crippen LogP contribution in [-0.2, 0) is 10.8 Å². The molecule has 18 rings (SSSR count). The topological polar surface area (TPSA) is 59.0 Å². The molecule has 0 aliphatic heterocycles. The predicted octanol–water partition coefficient (Wildman–Crippen LogP) is 23.5. The first kappa shape index (κ1) is 50.7. The van der Waals surface area contributed by atoms with E-state index in [0.717, 1.165) is 122 Å². The molecule has 2 atom stereocenters. The van der Waals surface area contributed by atoms with E-state index in [1.807, 2.05) is 24.3 Å². The molecule has 0 amide bonds. The van der Waals surface area contributed by atoms with Gasteiger partial charge in [-0.3, -0.25) is 0 Å². The van der Waals surface area contributed by atoms with Crippen LogP contribution in [0.15, 0.2) is 272 Å². The first-order chi connectivity index (χ1) is 42.9. The van der Waals surface area contributed by atoms with E-state index >= 15 is 0 Å². The third-order valence-electron chi connectivity index (χ3n) is 19.9. The Morgan fingerprint density at radius 2 is 0.466 bits per heavy atom. The highest BCUT2D eigenvalue weighted by Gasteiger charge is 2.70. The van der Waals surface area contributed by atoms with Gasteiger partial charge >= 0.3 is 0 Å². The molecule has 0 saturated carbocycles. The van der Waals surface area contributed by atoms with E-state index in [2.05, 4.69) is 282 Å². The van der Waals surface area contributed by atoms with Gasteiger partial charge in [0.2, 0.25) is 0 Å².